The van der Waals surface area contributed by atoms with Crippen LogP contribution in [0.3, 0.4) is 0 Å². The fourth-order valence-corrected chi connectivity index (χ4v) is 3.08. The average molecular weight is 270 g/mol. The van der Waals surface area contributed by atoms with Crippen molar-refractivity contribution in [2.75, 3.05) is 25.5 Å². The lowest BCUT2D eigenvalue weighted by molar-refractivity contribution is 0.184. The number of hydrogen-bond acceptors (Lipinski definition) is 4. The van der Waals surface area contributed by atoms with Gasteiger partial charge in [-0.25, -0.2) is 13.1 Å². The molecule has 1 fully saturated rings. The highest BCUT2D eigenvalue weighted by molar-refractivity contribution is 7.89. The summed E-state index contributed by atoms with van der Waals surface area (Å²) >= 11 is 0. The first-order valence-corrected chi connectivity index (χ1v) is 7.49. The predicted octanol–water partition coefficient (Wildman–Crippen LogP) is 0.974. The first-order valence-electron chi connectivity index (χ1n) is 6.01. The largest absolute Gasteiger partial charge is 0.399 e. The van der Waals surface area contributed by atoms with Crippen molar-refractivity contribution in [2.45, 2.75) is 17.7 Å². The van der Waals surface area contributed by atoms with Crippen molar-refractivity contribution in [1.82, 2.24) is 4.72 Å². The molecule has 6 heteroatoms. The van der Waals surface area contributed by atoms with Gasteiger partial charge in [-0.15, -0.1) is 0 Å². The molecule has 2 rings (SSSR count). The van der Waals surface area contributed by atoms with Crippen molar-refractivity contribution >= 4 is 15.7 Å². The molecule has 0 aliphatic carbocycles. The summed E-state index contributed by atoms with van der Waals surface area (Å²) in [7, 11) is -3.45. The Kier molecular flexibility index (Phi) is 4.21. The zero-order valence-corrected chi connectivity index (χ0v) is 10.9. The molecule has 0 bridgehead atoms. The molecule has 18 heavy (non-hydrogen) atoms. The Morgan fingerprint density at radius 3 is 2.94 bits per heavy atom. The molecule has 1 aliphatic rings. The Bertz CT molecular complexity index is 496. The Balaban J connectivity index is 1.90. The lowest BCUT2D eigenvalue weighted by atomic mass is 10.1. The zero-order chi connectivity index (χ0) is 13.0. The summed E-state index contributed by atoms with van der Waals surface area (Å²) in [5.74, 6) is 0.466. The second kappa shape index (κ2) is 5.69. The maximum absolute atomic E-state index is 12.0. The third kappa shape index (κ3) is 3.44. The molecule has 1 aromatic carbocycles. The number of sulfonamides is 1. The van der Waals surface area contributed by atoms with Crippen LogP contribution in [0.5, 0.6) is 0 Å². The van der Waals surface area contributed by atoms with Crippen molar-refractivity contribution < 1.29 is 13.2 Å². The van der Waals surface area contributed by atoms with E-state index in [1.165, 1.54) is 12.1 Å². The normalized spacial score (nSPS) is 20.1. The van der Waals surface area contributed by atoms with Gasteiger partial charge in [-0.1, -0.05) is 6.07 Å². The van der Waals surface area contributed by atoms with E-state index >= 15 is 0 Å². The minimum Gasteiger partial charge on any atom is -0.399 e. The van der Waals surface area contributed by atoms with E-state index in [1.54, 1.807) is 12.1 Å². The zero-order valence-electron chi connectivity index (χ0n) is 10.1. The minimum absolute atomic E-state index is 0.213. The first-order chi connectivity index (χ1) is 8.58. The van der Waals surface area contributed by atoms with Crippen molar-refractivity contribution in [2.24, 2.45) is 5.92 Å². The topological polar surface area (TPSA) is 81.4 Å². The van der Waals surface area contributed by atoms with Crippen molar-refractivity contribution in [3.63, 3.8) is 0 Å². The third-order valence-corrected chi connectivity index (χ3v) is 4.50. The van der Waals surface area contributed by atoms with Crippen molar-refractivity contribution in [3.8, 4) is 0 Å². The van der Waals surface area contributed by atoms with Gasteiger partial charge in [0, 0.05) is 25.4 Å². The number of benzene rings is 1. The predicted molar refractivity (Wildman–Crippen MR) is 69.6 cm³/mol. The second-order valence-corrected chi connectivity index (χ2v) is 6.26. The molecular formula is C12H18N2O3S. The van der Waals surface area contributed by atoms with E-state index < -0.39 is 10.0 Å². The molecule has 0 saturated carbocycles. The van der Waals surface area contributed by atoms with Gasteiger partial charge >= 0.3 is 0 Å². The first kappa shape index (κ1) is 13.3. The van der Waals surface area contributed by atoms with Crippen LogP contribution in [0.15, 0.2) is 29.2 Å². The maximum Gasteiger partial charge on any atom is 0.240 e. The average Bonchev–Trinajstić information content (AvgIpc) is 2.82. The monoisotopic (exact) mass is 270 g/mol. The number of anilines is 1. The van der Waals surface area contributed by atoms with Crippen LogP contribution in [-0.4, -0.2) is 28.2 Å². The number of nitrogens with one attached hydrogen (secondary N) is 1. The van der Waals surface area contributed by atoms with E-state index in [1.807, 2.05) is 0 Å². The Morgan fingerprint density at radius 1 is 1.44 bits per heavy atom. The van der Waals surface area contributed by atoms with Gasteiger partial charge in [0.2, 0.25) is 10.0 Å². The van der Waals surface area contributed by atoms with Crippen LogP contribution in [0.1, 0.15) is 12.8 Å². The molecule has 0 spiro atoms. The van der Waals surface area contributed by atoms with Crippen molar-refractivity contribution in [1.29, 1.82) is 0 Å². The van der Waals surface area contributed by atoms with Gasteiger partial charge in [0.05, 0.1) is 4.90 Å². The molecule has 1 aliphatic heterocycles. The van der Waals surface area contributed by atoms with E-state index in [0.717, 1.165) is 26.1 Å². The smallest absolute Gasteiger partial charge is 0.240 e. The molecule has 3 N–H and O–H groups in total. The SMILES string of the molecule is Nc1cccc(S(=O)(=O)NCCC2CCOC2)c1. The summed E-state index contributed by atoms with van der Waals surface area (Å²) in [6.45, 7) is 1.96. The van der Waals surface area contributed by atoms with Crippen molar-refractivity contribution in [3.05, 3.63) is 24.3 Å². The fourth-order valence-electron chi connectivity index (χ4n) is 1.97. The van der Waals surface area contributed by atoms with Crippen LogP contribution in [-0.2, 0) is 14.8 Å². The molecule has 100 valence electrons. The van der Waals surface area contributed by atoms with E-state index in [4.69, 9.17) is 10.5 Å². The number of nitrogens with two attached hydrogens (primary N) is 1. The molecule has 0 amide bonds. The maximum atomic E-state index is 12.0. The summed E-state index contributed by atoms with van der Waals surface area (Å²) in [4.78, 5) is 0.213. The quantitative estimate of drug-likeness (QED) is 0.781. The Labute approximate surface area is 107 Å². The van der Waals surface area contributed by atoms with Gasteiger partial charge in [0.1, 0.15) is 0 Å². The third-order valence-electron chi connectivity index (χ3n) is 3.04. The van der Waals surface area contributed by atoms with Gasteiger partial charge in [0.25, 0.3) is 0 Å². The van der Waals surface area contributed by atoms with Crippen LogP contribution < -0.4 is 10.5 Å². The van der Waals surface area contributed by atoms with Gasteiger partial charge in [-0.2, -0.15) is 0 Å². The number of nitrogen functional groups attached to an aromatic ring is 1. The second-order valence-electron chi connectivity index (χ2n) is 4.49. The highest BCUT2D eigenvalue weighted by atomic mass is 32.2. The molecule has 5 nitrogen and oxygen atoms in total. The molecule has 1 heterocycles. The van der Waals surface area contributed by atoms with Gasteiger partial charge < -0.3 is 10.5 Å². The van der Waals surface area contributed by atoms with E-state index in [9.17, 15) is 8.42 Å². The Morgan fingerprint density at radius 2 is 2.28 bits per heavy atom. The van der Waals surface area contributed by atoms with Crippen LogP contribution >= 0.6 is 0 Å². The van der Waals surface area contributed by atoms with Gasteiger partial charge in [-0.05, 0) is 37.0 Å². The highest BCUT2D eigenvalue weighted by Gasteiger charge is 2.18. The van der Waals surface area contributed by atoms with Crippen LogP contribution in [0.25, 0.3) is 0 Å². The summed E-state index contributed by atoms with van der Waals surface area (Å²) in [5.41, 5.74) is 6.02. The molecule has 1 aromatic rings. The van der Waals surface area contributed by atoms with E-state index in [2.05, 4.69) is 4.72 Å². The summed E-state index contributed by atoms with van der Waals surface area (Å²) < 4.78 is 31.8. The molecular weight excluding hydrogens is 252 g/mol. The number of rotatable bonds is 5. The van der Waals surface area contributed by atoms with Crippen LogP contribution in [0, 0.1) is 5.92 Å². The van der Waals surface area contributed by atoms with E-state index in [-0.39, 0.29) is 4.90 Å². The molecule has 1 saturated heterocycles. The highest BCUT2D eigenvalue weighted by Crippen LogP contribution is 2.16. The lowest BCUT2D eigenvalue weighted by Gasteiger charge is -2.09. The Hall–Kier alpha value is -1.11. The van der Waals surface area contributed by atoms with Crippen LogP contribution in [0.4, 0.5) is 5.69 Å². The minimum atomic E-state index is -3.45. The van der Waals surface area contributed by atoms with E-state index in [0.29, 0.717) is 18.2 Å². The van der Waals surface area contributed by atoms with Gasteiger partial charge in [-0.3, -0.25) is 0 Å². The van der Waals surface area contributed by atoms with Gasteiger partial charge in [0.15, 0.2) is 0 Å². The summed E-state index contributed by atoms with van der Waals surface area (Å²) in [5, 5.41) is 0. The molecule has 0 aromatic heterocycles. The number of hydrogen-bond donors (Lipinski definition) is 2. The summed E-state index contributed by atoms with van der Waals surface area (Å²) in [6, 6.07) is 6.29. The molecule has 1 atom stereocenters. The fraction of sp³-hybridized carbons (Fsp3) is 0.500. The molecule has 0 radical (unpaired) electrons. The van der Waals surface area contributed by atoms with Crippen LogP contribution in [0.2, 0.25) is 0 Å². The number of ether oxygens (including phenoxy) is 1. The lowest BCUT2D eigenvalue weighted by Crippen LogP contribution is -2.26. The summed E-state index contributed by atoms with van der Waals surface area (Å²) in [6.07, 6.45) is 1.82. The molecule has 1 unspecified atom stereocenters. The standard InChI is InChI=1S/C12H18N2O3S/c13-11-2-1-3-12(8-11)18(15,16)14-6-4-10-5-7-17-9-10/h1-3,8,10,14H,4-7,9,13H2.